The van der Waals surface area contributed by atoms with Gasteiger partial charge in [-0.25, -0.2) is 9.97 Å². The lowest BCUT2D eigenvalue weighted by molar-refractivity contribution is 0.608. The van der Waals surface area contributed by atoms with Crippen LogP contribution in [0, 0.1) is 5.92 Å². The Labute approximate surface area is 108 Å². The molecule has 0 saturated carbocycles. The molecule has 1 aromatic carbocycles. The number of fused-ring (bicyclic) bond motifs is 1. The molecule has 1 heterocycles. The van der Waals surface area contributed by atoms with E-state index in [2.05, 4.69) is 34.8 Å². The summed E-state index contributed by atoms with van der Waals surface area (Å²) >= 11 is 0. The van der Waals surface area contributed by atoms with Crippen LogP contribution in [0.15, 0.2) is 30.6 Å². The van der Waals surface area contributed by atoms with Crippen molar-refractivity contribution in [3.05, 3.63) is 30.6 Å². The second-order valence-corrected chi connectivity index (χ2v) is 4.84. The first-order valence-corrected chi connectivity index (χ1v) is 6.37. The van der Waals surface area contributed by atoms with Crippen LogP contribution < -0.4 is 10.6 Å². The molecule has 18 heavy (non-hydrogen) atoms. The molecule has 0 fully saturated rings. The summed E-state index contributed by atoms with van der Waals surface area (Å²) in [4.78, 5) is 11.0. The third-order valence-electron chi connectivity index (χ3n) is 2.81. The van der Waals surface area contributed by atoms with Crippen LogP contribution in [-0.4, -0.2) is 29.6 Å². The molecule has 2 N–H and O–H groups in total. The zero-order valence-corrected chi connectivity index (χ0v) is 11.0. The van der Waals surface area contributed by atoms with Gasteiger partial charge in [-0.05, 0) is 18.1 Å². The van der Waals surface area contributed by atoms with Gasteiger partial charge >= 0.3 is 0 Å². The molecule has 0 saturated heterocycles. The normalized spacial score (nSPS) is 11.1. The molecule has 0 aliphatic rings. The van der Waals surface area contributed by atoms with Crippen molar-refractivity contribution in [3.8, 4) is 0 Å². The maximum absolute atomic E-state index is 5.70. The lowest BCUT2D eigenvalue weighted by Crippen LogP contribution is -2.33. The van der Waals surface area contributed by atoms with E-state index >= 15 is 0 Å². The Morgan fingerprint density at radius 3 is 2.72 bits per heavy atom. The van der Waals surface area contributed by atoms with Crippen LogP contribution in [0.1, 0.15) is 13.8 Å². The van der Waals surface area contributed by atoms with Crippen LogP contribution >= 0.6 is 0 Å². The number of anilines is 1. The van der Waals surface area contributed by atoms with Crippen molar-refractivity contribution in [2.75, 3.05) is 24.5 Å². The lowest BCUT2D eigenvalue weighted by atomic mass is 10.1. The largest absolute Gasteiger partial charge is 0.354 e. The number of aromatic nitrogens is 2. The van der Waals surface area contributed by atoms with Gasteiger partial charge < -0.3 is 10.6 Å². The van der Waals surface area contributed by atoms with Gasteiger partial charge in [-0.3, -0.25) is 0 Å². The Morgan fingerprint density at radius 1 is 1.22 bits per heavy atom. The zero-order chi connectivity index (χ0) is 13.0. The zero-order valence-electron chi connectivity index (χ0n) is 11.0. The highest BCUT2D eigenvalue weighted by Crippen LogP contribution is 2.22. The third-order valence-corrected chi connectivity index (χ3v) is 2.81. The van der Waals surface area contributed by atoms with E-state index < -0.39 is 0 Å². The first-order valence-electron chi connectivity index (χ1n) is 6.37. The van der Waals surface area contributed by atoms with Gasteiger partial charge in [0, 0.05) is 25.0 Å². The second kappa shape index (κ2) is 5.78. The highest BCUT2D eigenvalue weighted by Gasteiger charge is 2.12. The maximum Gasteiger partial charge on any atom is 0.139 e. The van der Waals surface area contributed by atoms with Crippen LogP contribution in [0.2, 0.25) is 0 Å². The summed E-state index contributed by atoms with van der Waals surface area (Å²) in [6.07, 6.45) is 1.63. The highest BCUT2D eigenvalue weighted by atomic mass is 15.2. The third kappa shape index (κ3) is 2.76. The monoisotopic (exact) mass is 244 g/mol. The van der Waals surface area contributed by atoms with E-state index in [-0.39, 0.29) is 0 Å². The number of benzene rings is 1. The summed E-state index contributed by atoms with van der Waals surface area (Å²) in [5.41, 5.74) is 6.68. The molecule has 0 aliphatic carbocycles. The molecule has 0 spiro atoms. The number of para-hydroxylation sites is 1. The van der Waals surface area contributed by atoms with Crippen molar-refractivity contribution in [1.82, 2.24) is 9.97 Å². The highest BCUT2D eigenvalue weighted by molar-refractivity contribution is 5.89. The molecule has 2 rings (SSSR count). The van der Waals surface area contributed by atoms with Gasteiger partial charge in [0.15, 0.2) is 0 Å². The molecule has 0 radical (unpaired) electrons. The van der Waals surface area contributed by atoms with E-state index in [1.807, 2.05) is 18.2 Å². The fourth-order valence-electron chi connectivity index (χ4n) is 2.12. The van der Waals surface area contributed by atoms with E-state index in [1.54, 1.807) is 6.33 Å². The van der Waals surface area contributed by atoms with Crippen LogP contribution in [0.3, 0.4) is 0 Å². The van der Waals surface area contributed by atoms with Gasteiger partial charge in [-0.1, -0.05) is 26.0 Å². The van der Waals surface area contributed by atoms with Crippen LogP contribution in [0.4, 0.5) is 5.82 Å². The molecular formula is C14H20N4. The van der Waals surface area contributed by atoms with E-state index in [0.29, 0.717) is 12.5 Å². The van der Waals surface area contributed by atoms with Crippen LogP contribution in [0.5, 0.6) is 0 Å². The topological polar surface area (TPSA) is 55.0 Å². The van der Waals surface area contributed by atoms with Gasteiger partial charge in [0.25, 0.3) is 0 Å². The van der Waals surface area contributed by atoms with Crippen molar-refractivity contribution in [2.45, 2.75) is 13.8 Å². The predicted molar refractivity (Wildman–Crippen MR) is 75.6 cm³/mol. The second-order valence-electron chi connectivity index (χ2n) is 4.84. The van der Waals surface area contributed by atoms with Gasteiger partial charge in [0.05, 0.1) is 5.52 Å². The summed E-state index contributed by atoms with van der Waals surface area (Å²) in [5, 5.41) is 1.09. The van der Waals surface area contributed by atoms with Gasteiger partial charge in [0.1, 0.15) is 12.1 Å². The maximum atomic E-state index is 5.70. The van der Waals surface area contributed by atoms with E-state index in [4.69, 9.17) is 5.73 Å². The number of hydrogen-bond donors (Lipinski definition) is 1. The average Bonchev–Trinajstić information content (AvgIpc) is 2.37. The summed E-state index contributed by atoms with van der Waals surface area (Å²) < 4.78 is 0. The Balaban J connectivity index is 2.43. The molecule has 0 aliphatic heterocycles. The summed E-state index contributed by atoms with van der Waals surface area (Å²) in [5.74, 6) is 1.56. The van der Waals surface area contributed by atoms with Crippen molar-refractivity contribution in [3.63, 3.8) is 0 Å². The number of hydrogen-bond acceptors (Lipinski definition) is 4. The number of nitrogens with zero attached hydrogens (tertiary/aromatic N) is 3. The Kier molecular flexibility index (Phi) is 4.10. The molecular weight excluding hydrogens is 224 g/mol. The van der Waals surface area contributed by atoms with Crippen molar-refractivity contribution in [1.29, 1.82) is 0 Å². The standard InChI is InChI=1S/C14H20N4/c1-11(2)9-18(8-7-15)14-12-5-3-4-6-13(12)16-10-17-14/h3-6,10-11H,7-9,15H2,1-2H3. The van der Waals surface area contributed by atoms with Gasteiger partial charge in [0.2, 0.25) is 0 Å². The molecule has 0 unspecified atom stereocenters. The molecule has 0 atom stereocenters. The van der Waals surface area contributed by atoms with E-state index in [9.17, 15) is 0 Å². The minimum absolute atomic E-state index is 0.574. The molecule has 0 amide bonds. The molecule has 1 aromatic heterocycles. The molecule has 4 nitrogen and oxygen atoms in total. The Morgan fingerprint density at radius 2 is 2.00 bits per heavy atom. The molecule has 0 bridgehead atoms. The minimum Gasteiger partial charge on any atom is -0.354 e. The molecule has 4 heteroatoms. The first-order chi connectivity index (χ1) is 8.72. The number of nitrogens with two attached hydrogens (primary N) is 1. The van der Waals surface area contributed by atoms with E-state index in [0.717, 1.165) is 29.8 Å². The quantitative estimate of drug-likeness (QED) is 0.874. The fraction of sp³-hybridized carbons (Fsp3) is 0.429. The fourth-order valence-corrected chi connectivity index (χ4v) is 2.12. The molecule has 2 aromatic rings. The number of rotatable bonds is 5. The SMILES string of the molecule is CC(C)CN(CCN)c1ncnc2ccccc12. The Hall–Kier alpha value is -1.68. The summed E-state index contributed by atoms with van der Waals surface area (Å²) in [6.45, 7) is 6.81. The first kappa shape index (κ1) is 12.8. The summed E-state index contributed by atoms with van der Waals surface area (Å²) in [7, 11) is 0. The summed E-state index contributed by atoms with van der Waals surface area (Å²) in [6, 6.07) is 8.09. The van der Waals surface area contributed by atoms with Crippen molar-refractivity contribution in [2.24, 2.45) is 11.7 Å². The van der Waals surface area contributed by atoms with E-state index in [1.165, 1.54) is 0 Å². The Bertz CT molecular complexity index is 505. The van der Waals surface area contributed by atoms with Crippen LogP contribution in [0.25, 0.3) is 10.9 Å². The van der Waals surface area contributed by atoms with Gasteiger partial charge in [-0.2, -0.15) is 0 Å². The molecule has 96 valence electrons. The van der Waals surface area contributed by atoms with Crippen molar-refractivity contribution < 1.29 is 0 Å². The van der Waals surface area contributed by atoms with Crippen molar-refractivity contribution >= 4 is 16.7 Å². The van der Waals surface area contributed by atoms with Crippen LogP contribution in [-0.2, 0) is 0 Å². The minimum atomic E-state index is 0.574. The average molecular weight is 244 g/mol. The lowest BCUT2D eigenvalue weighted by Gasteiger charge is -2.25. The smallest absolute Gasteiger partial charge is 0.139 e. The van der Waals surface area contributed by atoms with Gasteiger partial charge in [-0.15, -0.1) is 0 Å². The predicted octanol–water partition coefficient (Wildman–Crippen LogP) is 2.05.